The first-order valence-electron chi connectivity index (χ1n) is 5.37. The van der Waals surface area contributed by atoms with E-state index in [0.717, 1.165) is 0 Å². The van der Waals surface area contributed by atoms with Crippen molar-refractivity contribution in [3.63, 3.8) is 0 Å². The predicted octanol–water partition coefficient (Wildman–Crippen LogP) is 2.74. The summed E-state index contributed by atoms with van der Waals surface area (Å²) in [5, 5.41) is 0. The fourth-order valence-electron chi connectivity index (χ4n) is 1.28. The minimum absolute atomic E-state index is 0.255. The molecular formula is C12H13Cl2NO3. The van der Waals surface area contributed by atoms with Crippen LogP contribution in [0, 0.1) is 0 Å². The summed E-state index contributed by atoms with van der Waals surface area (Å²) in [4.78, 5) is 24.6. The zero-order valence-electron chi connectivity index (χ0n) is 9.64. The number of halogens is 2. The van der Waals surface area contributed by atoms with Crippen LogP contribution in [-0.4, -0.2) is 41.8 Å². The largest absolute Gasteiger partial charge is 0.417 e. The summed E-state index contributed by atoms with van der Waals surface area (Å²) in [6.07, 6.45) is -0.731. The van der Waals surface area contributed by atoms with Crippen molar-refractivity contribution >= 4 is 35.3 Å². The molecule has 0 heterocycles. The molecule has 0 fully saturated rings. The van der Waals surface area contributed by atoms with Crippen LogP contribution in [0.5, 0.6) is 0 Å². The van der Waals surface area contributed by atoms with E-state index < -0.39 is 12.1 Å². The minimum Gasteiger partial charge on any atom is -0.372 e. The molecule has 0 unspecified atom stereocenters. The van der Waals surface area contributed by atoms with Gasteiger partial charge in [-0.15, -0.1) is 23.2 Å². The van der Waals surface area contributed by atoms with Gasteiger partial charge in [-0.25, -0.2) is 9.59 Å². The number of carbonyl (C=O) groups is 2. The van der Waals surface area contributed by atoms with Gasteiger partial charge >= 0.3 is 12.1 Å². The topological polar surface area (TPSA) is 46.6 Å². The second-order valence-electron chi connectivity index (χ2n) is 3.39. The summed E-state index contributed by atoms with van der Waals surface area (Å²) in [5.41, 5.74) is 0.322. The van der Waals surface area contributed by atoms with Crippen molar-refractivity contribution in [2.45, 2.75) is 0 Å². The molecule has 0 spiro atoms. The van der Waals surface area contributed by atoms with Gasteiger partial charge in [0.2, 0.25) is 0 Å². The van der Waals surface area contributed by atoms with Crippen LogP contribution in [-0.2, 0) is 4.74 Å². The zero-order chi connectivity index (χ0) is 13.4. The minimum atomic E-state index is -0.731. The van der Waals surface area contributed by atoms with Crippen LogP contribution in [0.4, 0.5) is 4.79 Å². The molecule has 18 heavy (non-hydrogen) atoms. The molecule has 0 saturated heterocycles. The normalized spacial score (nSPS) is 9.89. The molecule has 0 atom stereocenters. The maximum Gasteiger partial charge on any atom is 0.417 e. The van der Waals surface area contributed by atoms with E-state index in [1.165, 1.54) is 4.90 Å². The molecule has 0 aliphatic heterocycles. The molecular weight excluding hydrogens is 277 g/mol. The van der Waals surface area contributed by atoms with Gasteiger partial charge < -0.3 is 9.64 Å². The summed E-state index contributed by atoms with van der Waals surface area (Å²) in [5.74, 6) is -0.174. The highest BCUT2D eigenvalue weighted by Crippen LogP contribution is 2.04. The summed E-state index contributed by atoms with van der Waals surface area (Å²) >= 11 is 11.1. The van der Waals surface area contributed by atoms with Crippen molar-refractivity contribution < 1.29 is 14.3 Å². The van der Waals surface area contributed by atoms with Crippen LogP contribution in [0.3, 0.4) is 0 Å². The van der Waals surface area contributed by atoms with Crippen molar-refractivity contribution in [1.82, 2.24) is 4.90 Å². The van der Waals surface area contributed by atoms with Gasteiger partial charge in [0.25, 0.3) is 0 Å². The van der Waals surface area contributed by atoms with E-state index in [9.17, 15) is 9.59 Å². The smallest absolute Gasteiger partial charge is 0.372 e. The SMILES string of the molecule is O=C(OC(=O)N(CCCl)CCCl)c1ccccc1. The standard InChI is InChI=1S/C12H13Cl2NO3/c13-6-8-15(9-7-14)12(17)18-11(16)10-4-2-1-3-5-10/h1-5H,6-9H2. The van der Waals surface area contributed by atoms with Crippen molar-refractivity contribution in [2.75, 3.05) is 24.8 Å². The Morgan fingerprint density at radius 1 is 1.06 bits per heavy atom. The number of benzene rings is 1. The lowest BCUT2D eigenvalue weighted by Crippen LogP contribution is -2.36. The van der Waals surface area contributed by atoms with Crippen LogP contribution in [0.1, 0.15) is 10.4 Å². The van der Waals surface area contributed by atoms with Gasteiger partial charge in [0.05, 0.1) is 5.56 Å². The highest BCUT2D eigenvalue weighted by Gasteiger charge is 2.18. The van der Waals surface area contributed by atoms with E-state index in [1.54, 1.807) is 30.3 Å². The van der Waals surface area contributed by atoms with E-state index in [4.69, 9.17) is 27.9 Å². The number of alkyl halides is 2. The maximum absolute atomic E-state index is 11.7. The van der Waals surface area contributed by atoms with Crippen molar-refractivity contribution in [3.8, 4) is 0 Å². The molecule has 1 aromatic rings. The Morgan fingerprint density at radius 2 is 1.61 bits per heavy atom. The lowest BCUT2D eigenvalue weighted by Gasteiger charge is -2.18. The fourth-order valence-corrected chi connectivity index (χ4v) is 1.68. The predicted molar refractivity (Wildman–Crippen MR) is 70.3 cm³/mol. The van der Waals surface area contributed by atoms with E-state index in [2.05, 4.69) is 0 Å². The molecule has 0 aliphatic carbocycles. The van der Waals surface area contributed by atoms with Gasteiger partial charge in [0.1, 0.15) is 0 Å². The van der Waals surface area contributed by atoms with Crippen LogP contribution < -0.4 is 0 Å². The molecule has 0 aromatic heterocycles. The average molecular weight is 290 g/mol. The van der Waals surface area contributed by atoms with Gasteiger partial charge in [-0.05, 0) is 12.1 Å². The second kappa shape index (κ2) is 7.95. The molecule has 98 valence electrons. The van der Waals surface area contributed by atoms with Gasteiger partial charge in [0, 0.05) is 24.8 Å². The Kier molecular flexibility index (Phi) is 6.54. The quantitative estimate of drug-likeness (QED) is 0.476. The highest BCUT2D eigenvalue weighted by atomic mass is 35.5. The number of carbonyl (C=O) groups excluding carboxylic acids is 2. The number of ether oxygens (including phenoxy) is 1. The maximum atomic E-state index is 11.7. The molecule has 1 rings (SSSR count). The second-order valence-corrected chi connectivity index (χ2v) is 4.14. The van der Waals surface area contributed by atoms with Crippen molar-refractivity contribution in [1.29, 1.82) is 0 Å². The van der Waals surface area contributed by atoms with Crippen LogP contribution in [0.15, 0.2) is 30.3 Å². The number of esters is 1. The van der Waals surface area contributed by atoms with Crippen molar-refractivity contribution in [3.05, 3.63) is 35.9 Å². The van der Waals surface area contributed by atoms with Crippen LogP contribution >= 0.6 is 23.2 Å². The average Bonchev–Trinajstić information content (AvgIpc) is 2.39. The molecule has 0 aliphatic rings. The molecule has 0 N–H and O–H groups in total. The first-order valence-corrected chi connectivity index (χ1v) is 6.44. The number of hydrogen-bond acceptors (Lipinski definition) is 3. The summed E-state index contributed by atoms with van der Waals surface area (Å²) in [6, 6.07) is 8.30. The lowest BCUT2D eigenvalue weighted by atomic mass is 10.2. The van der Waals surface area contributed by atoms with E-state index in [0.29, 0.717) is 5.56 Å². The summed E-state index contributed by atoms with van der Waals surface area (Å²) < 4.78 is 4.73. The van der Waals surface area contributed by atoms with Gasteiger partial charge in [0.15, 0.2) is 0 Å². The number of rotatable bonds is 5. The first-order chi connectivity index (χ1) is 8.69. The van der Waals surface area contributed by atoms with E-state index in [-0.39, 0.29) is 24.8 Å². The number of nitrogens with zero attached hydrogens (tertiary/aromatic N) is 1. The van der Waals surface area contributed by atoms with Gasteiger partial charge in [-0.2, -0.15) is 0 Å². The summed E-state index contributed by atoms with van der Waals surface area (Å²) in [7, 11) is 0. The number of hydrogen-bond donors (Lipinski definition) is 0. The third-order valence-electron chi connectivity index (χ3n) is 2.16. The molecule has 6 heteroatoms. The van der Waals surface area contributed by atoms with Crippen LogP contribution in [0.25, 0.3) is 0 Å². The highest BCUT2D eigenvalue weighted by molar-refractivity contribution is 6.18. The Morgan fingerprint density at radius 3 is 2.11 bits per heavy atom. The third-order valence-corrected chi connectivity index (χ3v) is 2.49. The Hall–Kier alpha value is -1.26. The third kappa shape index (κ3) is 4.55. The Balaban J connectivity index is 2.60. The monoisotopic (exact) mass is 289 g/mol. The zero-order valence-corrected chi connectivity index (χ0v) is 11.2. The molecule has 0 radical (unpaired) electrons. The summed E-state index contributed by atoms with van der Waals surface area (Å²) in [6.45, 7) is 0.574. The van der Waals surface area contributed by atoms with Crippen LogP contribution in [0.2, 0.25) is 0 Å². The van der Waals surface area contributed by atoms with E-state index in [1.807, 2.05) is 0 Å². The van der Waals surface area contributed by atoms with Crippen molar-refractivity contribution in [2.24, 2.45) is 0 Å². The number of amides is 1. The molecule has 0 bridgehead atoms. The lowest BCUT2D eigenvalue weighted by molar-refractivity contribution is 0.0550. The first kappa shape index (κ1) is 14.8. The van der Waals surface area contributed by atoms with Gasteiger partial charge in [-0.1, -0.05) is 18.2 Å². The fraction of sp³-hybridized carbons (Fsp3) is 0.333. The molecule has 4 nitrogen and oxygen atoms in total. The Bertz CT molecular complexity index is 392. The van der Waals surface area contributed by atoms with Gasteiger partial charge in [-0.3, -0.25) is 0 Å². The molecule has 1 aromatic carbocycles. The van der Waals surface area contributed by atoms with E-state index >= 15 is 0 Å². The molecule has 1 amide bonds. The molecule has 0 saturated carbocycles. The Labute approximate surface area is 115 Å².